The van der Waals surface area contributed by atoms with Crippen molar-refractivity contribution >= 4 is 17.6 Å². The first-order valence-corrected chi connectivity index (χ1v) is 6.39. The van der Waals surface area contributed by atoms with E-state index in [4.69, 9.17) is 11.6 Å². The molecule has 0 bridgehead atoms. The van der Waals surface area contributed by atoms with Crippen LogP contribution in [-0.2, 0) is 6.54 Å². The molecule has 1 aromatic rings. The zero-order valence-corrected chi connectivity index (χ0v) is 11.9. The number of nitrogens with one attached hydrogen (secondary N) is 1. The summed E-state index contributed by atoms with van der Waals surface area (Å²) in [6.45, 7) is 5.76. The van der Waals surface area contributed by atoms with Gasteiger partial charge in [0.1, 0.15) is 5.82 Å². The third kappa shape index (κ3) is 4.24. The van der Waals surface area contributed by atoms with E-state index in [1.54, 1.807) is 30.2 Å². The van der Waals surface area contributed by atoms with Crippen LogP contribution in [0.1, 0.15) is 18.9 Å². The van der Waals surface area contributed by atoms with Gasteiger partial charge in [-0.2, -0.15) is 0 Å². The van der Waals surface area contributed by atoms with Crippen LogP contribution in [-0.4, -0.2) is 24.0 Å². The third-order valence-electron chi connectivity index (χ3n) is 2.95. The number of carbonyl (C=O) groups is 1. The predicted octanol–water partition coefficient (Wildman–Crippen LogP) is 3.59. The summed E-state index contributed by atoms with van der Waals surface area (Å²) < 4.78 is 13.2. The molecule has 1 atom stereocenters. The van der Waals surface area contributed by atoms with E-state index in [1.165, 1.54) is 6.07 Å². The molecular formula is C14H18ClFN2O. The van der Waals surface area contributed by atoms with Gasteiger partial charge < -0.3 is 10.2 Å². The van der Waals surface area contributed by atoms with E-state index in [2.05, 4.69) is 11.9 Å². The Bertz CT molecular complexity index is 465. The van der Waals surface area contributed by atoms with Crippen molar-refractivity contribution in [1.82, 2.24) is 10.2 Å². The van der Waals surface area contributed by atoms with Crippen LogP contribution in [0.5, 0.6) is 0 Å². The number of amides is 2. The molecule has 0 radical (unpaired) electrons. The van der Waals surface area contributed by atoms with Crippen LogP contribution in [0.4, 0.5) is 9.18 Å². The summed E-state index contributed by atoms with van der Waals surface area (Å²) in [5.74, 6) is -0.484. The molecule has 1 aromatic carbocycles. The van der Waals surface area contributed by atoms with E-state index in [9.17, 15) is 9.18 Å². The Morgan fingerprint density at radius 3 is 2.95 bits per heavy atom. The molecular weight excluding hydrogens is 267 g/mol. The molecule has 1 unspecified atom stereocenters. The standard InChI is InChI=1S/C14H18ClFN2O/c1-4-6-10(2)18(3)14(19)17-9-11-7-5-8-12(16)13(11)15/h4-5,7-8,10H,1,6,9H2,2-3H3,(H,17,19). The second-order valence-electron chi connectivity index (χ2n) is 4.36. The highest BCUT2D eigenvalue weighted by atomic mass is 35.5. The topological polar surface area (TPSA) is 32.3 Å². The molecule has 0 aliphatic carbocycles. The lowest BCUT2D eigenvalue weighted by Gasteiger charge is -2.24. The maximum absolute atomic E-state index is 13.2. The van der Waals surface area contributed by atoms with Crippen LogP contribution in [0, 0.1) is 5.82 Å². The van der Waals surface area contributed by atoms with Crippen molar-refractivity contribution in [2.45, 2.75) is 25.9 Å². The molecule has 0 heterocycles. The zero-order valence-electron chi connectivity index (χ0n) is 11.1. The predicted molar refractivity (Wildman–Crippen MR) is 75.7 cm³/mol. The molecule has 0 saturated carbocycles. The summed E-state index contributed by atoms with van der Waals surface area (Å²) in [5.41, 5.74) is 0.555. The van der Waals surface area contributed by atoms with Crippen molar-refractivity contribution in [3.05, 3.63) is 47.3 Å². The van der Waals surface area contributed by atoms with Crippen molar-refractivity contribution < 1.29 is 9.18 Å². The summed E-state index contributed by atoms with van der Waals surface area (Å²) >= 11 is 5.82. The number of halogens is 2. The van der Waals surface area contributed by atoms with Crippen molar-refractivity contribution in [2.24, 2.45) is 0 Å². The second kappa shape index (κ2) is 7.14. The first kappa shape index (κ1) is 15.5. The Morgan fingerprint density at radius 2 is 2.32 bits per heavy atom. The molecule has 0 aliphatic heterocycles. The number of carbonyl (C=O) groups excluding carboxylic acids is 1. The SMILES string of the molecule is C=CCC(C)N(C)C(=O)NCc1cccc(F)c1Cl. The summed E-state index contributed by atoms with van der Waals surface area (Å²) in [5, 5.41) is 2.75. The van der Waals surface area contributed by atoms with E-state index >= 15 is 0 Å². The smallest absolute Gasteiger partial charge is 0.317 e. The summed E-state index contributed by atoms with van der Waals surface area (Å²) in [4.78, 5) is 13.5. The Labute approximate surface area is 118 Å². The van der Waals surface area contributed by atoms with E-state index < -0.39 is 5.82 Å². The van der Waals surface area contributed by atoms with Gasteiger partial charge in [0, 0.05) is 19.6 Å². The first-order valence-electron chi connectivity index (χ1n) is 6.01. The summed E-state index contributed by atoms with van der Waals surface area (Å²) in [6, 6.07) is 4.35. The normalized spacial score (nSPS) is 11.8. The van der Waals surface area contributed by atoms with Gasteiger partial charge in [-0.25, -0.2) is 9.18 Å². The molecule has 0 fully saturated rings. The molecule has 0 saturated heterocycles. The minimum atomic E-state index is -0.484. The van der Waals surface area contributed by atoms with Crippen LogP contribution >= 0.6 is 11.6 Å². The van der Waals surface area contributed by atoms with Gasteiger partial charge in [-0.3, -0.25) is 0 Å². The number of urea groups is 1. The molecule has 2 amide bonds. The number of nitrogens with zero attached hydrogens (tertiary/aromatic N) is 1. The minimum Gasteiger partial charge on any atom is -0.334 e. The molecule has 5 heteroatoms. The van der Waals surface area contributed by atoms with Crippen LogP contribution in [0.25, 0.3) is 0 Å². The van der Waals surface area contributed by atoms with Gasteiger partial charge in [-0.05, 0) is 25.0 Å². The highest BCUT2D eigenvalue weighted by Gasteiger charge is 2.14. The summed E-state index contributed by atoms with van der Waals surface area (Å²) in [7, 11) is 1.71. The molecule has 19 heavy (non-hydrogen) atoms. The molecule has 1 N–H and O–H groups in total. The minimum absolute atomic E-state index is 0.0459. The van der Waals surface area contributed by atoms with Crippen LogP contribution in [0.15, 0.2) is 30.9 Å². The Hall–Kier alpha value is -1.55. The van der Waals surface area contributed by atoms with Crippen LogP contribution in [0.2, 0.25) is 5.02 Å². The largest absolute Gasteiger partial charge is 0.334 e. The van der Waals surface area contributed by atoms with E-state index in [-0.39, 0.29) is 23.6 Å². The van der Waals surface area contributed by atoms with Crippen molar-refractivity contribution in [3.8, 4) is 0 Å². The molecule has 1 rings (SSSR count). The van der Waals surface area contributed by atoms with E-state index in [0.717, 1.165) is 0 Å². The Balaban J connectivity index is 2.59. The van der Waals surface area contributed by atoms with Crippen molar-refractivity contribution in [3.63, 3.8) is 0 Å². The van der Waals surface area contributed by atoms with Gasteiger partial charge in [0.25, 0.3) is 0 Å². The number of rotatable bonds is 5. The Morgan fingerprint density at radius 1 is 1.63 bits per heavy atom. The van der Waals surface area contributed by atoms with Gasteiger partial charge >= 0.3 is 6.03 Å². The van der Waals surface area contributed by atoms with Crippen LogP contribution < -0.4 is 5.32 Å². The fraction of sp³-hybridized carbons (Fsp3) is 0.357. The molecule has 0 aromatic heterocycles. The quantitative estimate of drug-likeness (QED) is 0.824. The van der Waals surface area contributed by atoms with Crippen LogP contribution in [0.3, 0.4) is 0 Å². The highest BCUT2D eigenvalue weighted by Crippen LogP contribution is 2.19. The molecule has 3 nitrogen and oxygen atoms in total. The maximum atomic E-state index is 13.2. The third-order valence-corrected chi connectivity index (χ3v) is 3.37. The lowest BCUT2D eigenvalue weighted by atomic mass is 10.2. The zero-order chi connectivity index (χ0) is 14.4. The maximum Gasteiger partial charge on any atom is 0.317 e. The highest BCUT2D eigenvalue weighted by molar-refractivity contribution is 6.31. The average molecular weight is 285 g/mol. The summed E-state index contributed by atoms with van der Waals surface area (Å²) in [6.07, 6.45) is 2.47. The number of benzene rings is 1. The average Bonchev–Trinajstić information content (AvgIpc) is 2.39. The second-order valence-corrected chi connectivity index (χ2v) is 4.73. The molecule has 104 valence electrons. The fourth-order valence-electron chi connectivity index (χ4n) is 1.58. The molecule has 0 aliphatic rings. The Kier molecular flexibility index (Phi) is 5.83. The van der Waals surface area contributed by atoms with Gasteiger partial charge in [0.05, 0.1) is 5.02 Å². The lowest BCUT2D eigenvalue weighted by Crippen LogP contribution is -2.41. The monoisotopic (exact) mass is 284 g/mol. The van der Waals surface area contributed by atoms with E-state index in [1.807, 2.05) is 6.92 Å². The van der Waals surface area contributed by atoms with Gasteiger partial charge in [-0.15, -0.1) is 6.58 Å². The van der Waals surface area contributed by atoms with Gasteiger partial charge in [-0.1, -0.05) is 29.8 Å². The van der Waals surface area contributed by atoms with E-state index in [0.29, 0.717) is 12.0 Å². The van der Waals surface area contributed by atoms with Gasteiger partial charge in [0.2, 0.25) is 0 Å². The fourth-order valence-corrected chi connectivity index (χ4v) is 1.77. The molecule has 0 spiro atoms. The number of hydrogen-bond acceptors (Lipinski definition) is 1. The van der Waals surface area contributed by atoms with Gasteiger partial charge in [0.15, 0.2) is 0 Å². The lowest BCUT2D eigenvalue weighted by molar-refractivity contribution is 0.194. The van der Waals surface area contributed by atoms with Crippen molar-refractivity contribution in [1.29, 1.82) is 0 Å². The van der Waals surface area contributed by atoms with Crippen molar-refractivity contribution in [2.75, 3.05) is 7.05 Å². The number of hydrogen-bond donors (Lipinski definition) is 1. The first-order chi connectivity index (χ1) is 8.97.